The fraction of sp³-hybridized carbons (Fsp3) is 0.500. The number of phenolic OH excluding ortho intramolecular Hbond substituents is 1. The topological polar surface area (TPSA) is 80.4 Å². The molecule has 3 N–H and O–H groups in total. The molecular formula is C12H17NO3S. The van der Waals surface area contributed by atoms with E-state index >= 15 is 0 Å². The molecule has 0 amide bonds. The summed E-state index contributed by atoms with van der Waals surface area (Å²) in [5, 5.41) is 9.69. The Hall–Kier alpha value is -1.07. The van der Waals surface area contributed by atoms with Crippen molar-refractivity contribution >= 4 is 9.84 Å². The van der Waals surface area contributed by atoms with Gasteiger partial charge in [-0.1, -0.05) is 18.6 Å². The molecule has 2 rings (SSSR count). The second kappa shape index (κ2) is 3.99. The van der Waals surface area contributed by atoms with E-state index in [1.807, 2.05) is 0 Å². The first-order valence-corrected chi connectivity index (χ1v) is 7.18. The lowest BCUT2D eigenvalue weighted by atomic mass is 9.79. The maximum Gasteiger partial charge on any atom is 0.189 e. The largest absolute Gasteiger partial charge is 0.507 e. The van der Waals surface area contributed by atoms with Gasteiger partial charge in [0, 0.05) is 6.04 Å². The summed E-state index contributed by atoms with van der Waals surface area (Å²) in [6, 6.07) is 5.61. The molecule has 1 aromatic rings. The number of aromatic hydroxyl groups is 1. The zero-order valence-corrected chi connectivity index (χ0v) is 10.6. The lowest BCUT2D eigenvalue weighted by Crippen LogP contribution is -2.56. The highest BCUT2D eigenvalue weighted by molar-refractivity contribution is 7.93. The summed E-state index contributed by atoms with van der Waals surface area (Å²) in [7, 11) is -3.57. The Balaban J connectivity index is 2.54. The van der Waals surface area contributed by atoms with E-state index in [0.29, 0.717) is 12.8 Å². The molecule has 1 saturated carbocycles. The van der Waals surface area contributed by atoms with Crippen LogP contribution in [0.25, 0.3) is 0 Å². The van der Waals surface area contributed by atoms with Crippen LogP contribution in [0.4, 0.5) is 0 Å². The van der Waals surface area contributed by atoms with Crippen LogP contribution in [0.15, 0.2) is 29.2 Å². The van der Waals surface area contributed by atoms with Crippen LogP contribution in [0.5, 0.6) is 5.75 Å². The van der Waals surface area contributed by atoms with Crippen molar-refractivity contribution in [3.05, 3.63) is 24.3 Å². The minimum Gasteiger partial charge on any atom is -0.507 e. The van der Waals surface area contributed by atoms with Crippen molar-refractivity contribution in [3.8, 4) is 5.75 Å². The van der Waals surface area contributed by atoms with E-state index in [2.05, 4.69) is 0 Å². The van der Waals surface area contributed by atoms with Gasteiger partial charge in [0.1, 0.15) is 10.6 Å². The minimum atomic E-state index is -3.57. The van der Waals surface area contributed by atoms with Crippen molar-refractivity contribution in [1.29, 1.82) is 0 Å². The van der Waals surface area contributed by atoms with Crippen LogP contribution in [0.1, 0.15) is 26.2 Å². The van der Waals surface area contributed by atoms with Gasteiger partial charge in [-0.25, -0.2) is 8.42 Å². The second-order valence-corrected chi connectivity index (χ2v) is 6.94. The molecule has 0 saturated heterocycles. The molecule has 1 aliphatic rings. The zero-order valence-electron chi connectivity index (χ0n) is 9.76. The molecule has 1 aliphatic carbocycles. The number of sulfone groups is 1. The molecule has 4 nitrogen and oxygen atoms in total. The van der Waals surface area contributed by atoms with Crippen LogP contribution < -0.4 is 5.73 Å². The molecule has 0 spiro atoms. The molecule has 1 unspecified atom stereocenters. The lowest BCUT2D eigenvalue weighted by molar-refractivity contribution is 0.295. The third-order valence-electron chi connectivity index (χ3n) is 3.72. The quantitative estimate of drug-likeness (QED) is 0.856. The van der Waals surface area contributed by atoms with E-state index in [1.165, 1.54) is 12.1 Å². The summed E-state index contributed by atoms with van der Waals surface area (Å²) in [5.74, 6) is -0.195. The average molecular weight is 255 g/mol. The number of para-hydroxylation sites is 1. The minimum absolute atomic E-state index is 0.00278. The van der Waals surface area contributed by atoms with Crippen molar-refractivity contribution < 1.29 is 13.5 Å². The number of phenols is 1. The summed E-state index contributed by atoms with van der Waals surface area (Å²) in [6.07, 6.45) is 2.01. The number of benzene rings is 1. The van der Waals surface area contributed by atoms with Gasteiger partial charge in [0.25, 0.3) is 0 Å². The molecular weight excluding hydrogens is 238 g/mol. The summed E-state index contributed by atoms with van der Waals surface area (Å²) in [6.45, 7) is 1.72. The lowest BCUT2D eigenvalue weighted by Gasteiger charge is -2.44. The number of rotatable bonds is 3. The molecule has 5 heteroatoms. The molecule has 0 aliphatic heterocycles. The fourth-order valence-corrected chi connectivity index (χ4v) is 4.75. The van der Waals surface area contributed by atoms with Crippen LogP contribution in [-0.4, -0.2) is 24.3 Å². The van der Waals surface area contributed by atoms with Gasteiger partial charge in [-0.2, -0.15) is 0 Å². The summed E-state index contributed by atoms with van der Waals surface area (Å²) < 4.78 is 24.2. The standard InChI is InChI=1S/C12H17NO3S/c1-9(13)12(7-4-8-12)17(15,16)11-6-3-2-5-10(11)14/h2-3,5-6,9,14H,4,7-8,13H2,1H3. The van der Waals surface area contributed by atoms with Crippen LogP contribution in [0.2, 0.25) is 0 Å². The van der Waals surface area contributed by atoms with Gasteiger partial charge in [0.2, 0.25) is 0 Å². The van der Waals surface area contributed by atoms with E-state index in [1.54, 1.807) is 19.1 Å². The predicted molar refractivity (Wildman–Crippen MR) is 65.5 cm³/mol. The Morgan fingerprint density at radius 1 is 1.35 bits per heavy atom. The predicted octanol–water partition coefficient (Wildman–Crippen LogP) is 1.44. The Labute approximate surface area is 101 Å². The molecule has 94 valence electrons. The molecule has 0 heterocycles. The smallest absolute Gasteiger partial charge is 0.189 e. The van der Waals surface area contributed by atoms with E-state index in [0.717, 1.165) is 6.42 Å². The maximum absolute atomic E-state index is 12.6. The van der Waals surface area contributed by atoms with E-state index in [9.17, 15) is 13.5 Å². The third kappa shape index (κ3) is 1.65. The van der Waals surface area contributed by atoms with Crippen LogP contribution in [0, 0.1) is 0 Å². The Morgan fingerprint density at radius 3 is 2.35 bits per heavy atom. The number of hydrogen-bond acceptors (Lipinski definition) is 4. The van der Waals surface area contributed by atoms with Crippen molar-refractivity contribution in [2.45, 2.75) is 41.9 Å². The zero-order chi connectivity index (χ0) is 12.7. The van der Waals surface area contributed by atoms with Crippen LogP contribution in [-0.2, 0) is 9.84 Å². The summed E-state index contributed by atoms with van der Waals surface area (Å²) in [5.41, 5.74) is 5.85. The molecule has 17 heavy (non-hydrogen) atoms. The number of hydrogen-bond donors (Lipinski definition) is 2. The first-order chi connectivity index (χ1) is 7.92. The van der Waals surface area contributed by atoms with Gasteiger partial charge < -0.3 is 10.8 Å². The van der Waals surface area contributed by atoms with Gasteiger partial charge in [-0.3, -0.25) is 0 Å². The van der Waals surface area contributed by atoms with Crippen molar-refractivity contribution in [2.24, 2.45) is 5.73 Å². The van der Waals surface area contributed by atoms with Crippen LogP contribution >= 0.6 is 0 Å². The maximum atomic E-state index is 12.6. The van der Waals surface area contributed by atoms with E-state index in [-0.39, 0.29) is 10.6 Å². The van der Waals surface area contributed by atoms with E-state index in [4.69, 9.17) is 5.73 Å². The van der Waals surface area contributed by atoms with Gasteiger partial charge in [-0.05, 0) is 31.9 Å². The third-order valence-corrected chi connectivity index (χ3v) is 6.49. The fourth-order valence-electron chi connectivity index (χ4n) is 2.40. The second-order valence-electron chi connectivity index (χ2n) is 4.68. The Kier molecular flexibility index (Phi) is 2.91. The summed E-state index contributed by atoms with van der Waals surface area (Å²) in [4.78, 5) is -0.00278. The highest BCUT2D eigenvalue weighted by Crippen LogP contribution is 2.46. The van der Waals surface area contributed by atoms with Crippen molar-refractivity contribution in [1.82, 2.24) is 0 Å². The first-order valence-electron chi connectivity index (χ1n) is 5.70. The summed E-state index contributed by atoms with van der Waals surface area (Å²) >= 11 is 0. The molecule has 1 fully saturated rings. The first kappa shape index (κ1) is 12.4. The molecule has 1 atom stereocenters. The SMILES string of the molecule is CC(N)C1(S(=O)(=O)c2ccccc2O)CCC1. The monoisotopic (exact) mass is 255 g/mol. The average Bonchev–Trinajstić information content (AvgIpc) is 2.14. The Bertz CT molecular complexity index is 518. The Morgan fingerprint density at radius 2 is 1.94 bits per heavy atom. The van der Waals surface area contributed by atoms with Gasteiger partial charge >= 0.3 is 0 Å². The van der Waals surface area contributed by atoms with E-state index < -0.39 is 20.6 Å². The molecule has 1 aromatic carbocycles. The molecule has 0 radical (unpaired) electrons. The van der Waals surface area contributed by atoms with Gasteiger partial charge in [-0.15, -0.1) is 0 Å². The normalized spacial score (nSPS) is 20.6. The highest BCUT2D eigenvalue weighted by Gasteiger charge is 2.52. The van der Waals surface area contributed by atoms with Crippen molar-refractivity contribution in [3.63, 3.8) is 0 Å². The van der Waals surface area contributed by atoms with Crippen molar-refractivity contribution in [2.75, 3.05) is 0 Å². The molecule has 0 bridgehead atoms. The van der Waals surface area contributed by atoms with Crippen LogP contribution in [0.3, 0.4) is 0 Å². The molecule has 0 aromatic heterocycles. The van der Waals surface area contributed by atoms with Gasteiger partial charge in [0.05, 0.1) is 4.75 Å². The van der Waals surface area contributed by atoms with Gasteiger partial charge in [0.15, 0.2) is 9.84 Å². The number of nitrogens with two attached hydrogens (primary N) is 1. The highest BCUT2D eigenvalue weighted by atomic mass is 32.2.